The standard InChI is InChI=1S/C12H8BrF3N2/c1-6-2-3-7(13)10(4-6)17-12-9(15)5-8(14)11(16)18-12/h2-5H,1H3,(H,17,18). The van der Waals surface area contributed by atoms with Gasteiger partial charge in [-0.3, -0.25) is 0 Å². The highest BCUT2D eigenvalue weighted by atomic mass is 79.9. The topological polar surface area (TPSA) is 24.9 Å². The van der Waals surface area contributed by atoms with Gasteiger partial charge < -0.3 is 5.32 Å². The van der Waals surface area contributed by atoms with Crippen LogP contribution >= 0.6 is 15.9 Å². The number of aromatic nitrogens is 1. The summed E-state index contributed by atoms with van der Waals surface area (Å²) in [4.78, 5) is 3.19. The summed E-state index contributed by atoms with van der Waals surface area (Å²) in [5, 5.41) is 2.61. The minimum absolute atomic E-state index is 0.361. The van der Waals surface area contributed by atoms with Gasteiger partial charge in [-0.15, -0.1) is 0 Å². The highest BCUT2D eigenvalue weighted by Gasteiger charge is 2.12. The number of hydrogen-bond acceptors (Lipinski definition) is 2. The molecule has 1 aromatic heterocycles. The Morgan fingerprint density at radius 1 is 1.11 bits per heavy atom. The highest BCUT2D eigenvalue weighted by Crippen LogP contribution is 2.27. The van der Waals surface area contributed by atoms with Crippen LogP contribution in [-0.2, 0) is 0 Å². The summed E-state index contributed by atoms with van der Waals surface area (Å²) in [6.45, 7) is 1.85. The summed E-state index contributed by atoms with van der Waals surface area (Å²) in [5.74, 6) is -3.98. The Bertz CT molecular complexity index is 602. The Hall–Kier alpha value is -1.56. The fourth-order valence-corrected chi connectivity index (χ4v) is 1.74. The minimum Gasteiger partial charge on any atom is -0.337 e. The van der Waals surface area contributed by atoms with Crippen molar-refractivity contribution in [2.75, 3.05) is 5.32 Å². The van der Waals surface area contributed by atoms with Crippen molar-refractivity contribution in [1.82, 2.24) is 4.98 Å². The van der Waals surface area contributed by atoms with Gasteiger partial charge in [0, 0.05) is 10.5 Å². The number of pyridine rings is 1. The first-order chi connectivity index (χ1) is 8.47. The number of nitrogens with one attached hydrogen (secondary N) is 1. The van der Waals surface area contributed by atoms with E-state index >= 15 is 0 Å². The Balaban J connectivity index is 2.40. The Labute approximate surface area is 110 Å². The Morgan fingerprint density at radius 2 is 1.83 bits per heavy atom. The SMILES string of the molecule is Cc1ccc(Br)c(Nc2nc(F)c(F)cc2F)c1. The predicted octanol–water partition coefficient (Wildman–Crippen LogP) is 4.31. The monoisotopic (exact) mass is 316 g/mol. The fraction of sp³-hybridized carbons (Fsp3) is 0.0833. The molecule has 0 unspecified atom stereocenters. The fourth-order valence-electron chi connectivity index (χ4n) is 1.39. The number of halogens is 4. The molecular formula is C12H8BrF3N2. The Kier molecular flexibility index (Phi) is 3.56. The van der Waals surface area contributed by atoms with Crippen LogP contribution in [0.1, 0.15) is 5.56 Å². The van der Waals surface area contributed by atoms with Gasteiger partial charge in [0.2, 0.25) is 0 Å². The molecule has 6 heteroatoms. The van der Waals surface area contributed by atoms with Crippen LogP contribution in [0.2, 0.25) is 0 Å². The molecule has 0 saturated heterocycles. The highest BCUT2D eigenvalue weighted by molar-refractivity contribution is 9.10. The van der Waals surface area contributed by atoms with Gasteiger partial charge in [0.15, 0.2) is 17.5 Å². The molecule has 2 aromatic rings. The molecule has 0 aliphatic carbocycles. The average molecular weight is 317 g/mol. The van der Waals surface area contributed by atoms with Crippen molar-refractivity contribution in [2.45, 2.75) is 6.92 Å². The second-order valence-electron chi connectivity index (χ2n) is 3.70. The zero-order valence-corrected chi connectivity index (χ0v) is 10.9. The lowest BCUT2D eigenvalue weighted by molar-refractivity contribution is 0.467. The van der Waals surface area contributed by atoms with E-state index < -0.39 is 17.6 Å². The second-order valence-corrected chi connectivity index (χ2v) is 4.55. The Morgan fingerprint density at radius 3 is 2.56 bits per heavy atom. The zero-order chi connectivity index (χ0) is 13.3. The molecule has 0 amide bonds. The number of rotatable bonds is 2. The maximum absolute atomic E-state index is 13.4. The number of aryl methyl sites for hydroxylation is 1. The molecule has 0 atom stereocenters. The van der Waals surface area contributed by atoms with Gasteiger partial charge in [0.1, 0.15) is 0 Å². The molecule has 1 heterocycles. The molecule has 0 spiro atoms. The first-order valence-corrected chi connectivity index (χ1v) is 5.81. The normalized spacial score (nSPS) is 10.5. The molecule has 0 fully saturated rings. The molecule has 94 valence electrons. The van der Waals surface area contributed by atoms with Gasteiger partial charge in [0.05, 0.1) is 5.69 Å². The number of nitrogens with zero attached hydrogens (tertiary/aromatic N) is 1. The van der Waals surface area contributed by atoms with Gasteiger partial charge in [0.25, 0.3) is 5.95 Å². The van der Waals surface area contributed by atoms with Crippen molar-refractivity contribution in [2.24, 2.45) is 0 Å². The third-order valence-corrected chi connectivity index (χ3v) is 2.95. The van der Waals surface area contributed by atoms with E-state index in [1.54, 1.807) is 12.1 Å². The lowest BCUT2D eigenvalue weighted by atomic mass is 10.2. The number of benzene rings is 1. The van der Waals surface area contributed by atoms with E-state index in [4.69, 9.17) is 0 Å². The van der Waals surface area contributed by atoms with Gasteiger partial charge in [-0.2, -0.15) is 9.37 Å². The summed E-state index contributed by atoms with van der Waals surface area (Å²) in [6, 6.07) is 5.79. The van der Waals surface area contributed by atoms with Crippen LogP contribution in [0.15, 0.2) is 28.7 Å². The van der Waals surface area contributed by atoms with E-state index in [1.165, 1.54) is 0 Å². The van der Waals surface area contributed by atoms with Gasteiger partial charge in [-0.05, 0) is 40.5 Å². The maximum atomic E-state index is 13.4. The number of hydrogen-bond donors (Lipinski definition) is 1. The van der Waals surface area contributed by atoms with Crippen LogP contribution in [0, 0.1) is 24.5 Å². The van der Waals surface area contributed by atoms with Gasteiger partial charge >= 0.3 is 0 Å². The average Bonchev–Trinajstić information content (AvgIpc) is 2.30. The molecule has 18 heavy (non-hydrogen) atoms. The van der Waals surface area contributed by atoms with Crippen molar-refractivity contribution in [3.05, 3.63) is 51.9 Å². The zero-order valence-electron chi connectivity index (χ0n) is 9.27. The van der Waals surface area contributed by atoms with Crippen LogP contribution in [0.3, 0.4) is 0 Å². The summed E-state index contributed by atoms with van der Waals surface area (Å²) < 4.78 is 39.7. The van der Waals surface area contributed by atoms with Crippen LogP contribution in [0.4, 0.5) is 24.7 Å². The predicted molar refractivity (Wildman–Crippen MR) is 66.3 cm³/mol. The van der Waals surface area contributed by atoms with Crippen molar-refractivity contribution in [3.63, 3.8) is 0 Å². The number of anilines is 2. The molecular weight excluding hydrogens is 309 g/mol. The first kappa shape index (κ1) is 12.9. The maximum Gasteiger partial charge on any atom is 0.251 e. The molecule has 1 N–H and O–H groups in total. The first-order valence-electron chi connectivity index (χ1n) is 5.02. The second kappa shape index (κ2) is 4.97. The summed E-state index contributed by atoms with van der Waals surface area (Å²) in [5.41, 5.74) is 1.45. The smallest absolute Gasteiger partial charge is 0.251 e. The van der Waals surface area contributed by atoms with Crippen molar-refractivity contribution in [1.29, 1.82) is 0 Å². The van der Waals surface area contributed by atoms with Crippen molar-refractivity contribution >= 4 is 27.4 Å². The molecule has 2 nitrogen and oxygen atoms in total. The lowest BCUT2D eigenvalue weighted by Gasteiger charge is -2.09. The van der Waals surface area contributed by atoms with E-state index in [2.05, 4.69) is 26.2 Å². The van der Waals surface area contributed by atoms with Crippen LogP contribution < -0.4 is 5.32 Å². The minimum atomic E-state index is -1.34. The van der Waals surface area contributed by atoms with E-state index in [1.807, 2.05) is 13.0 Å². The van der Waals surface area contributed by atoms with E-state index in [0.29, 0.717) is 16.2 Å². The molecule has 2 rings (SSSR count). The molecule has 1 aromatic carbocycles. The molecule has 0 aliphatic heterocycles. The molecule has 0 saturated carbocycles. The van der Waals surface area contributed by atoms with E-state index in [-0.39, 0.29) is 5.82 Å². The third kappa shape index (κ3) is 2.64. The largest absolute Gasteiger partial charge is 0.337 e. The molecule has 0 aliphatic rings. The quantitative estimate of drug-likeness (QED) is 0.835. The van der Waals surface area contributed by atoms with Gasteiger partial charge in [-0.1, -0.05) is 6.07 Å². The molecule has 0 bridgehead atoms. The van der Waals surface area contributed by atoms with Crippen LogP contribution in [-0.4, -0.2) is 4.98 Å². The summed E-state index contributed by atoms with van der Waals surface area (Å²) in [7, 11) is 0. The summed E-state index contributed by atoms with van der Waals surface area (Å²) in [6.07, 6.45) is 0. The van der Waals surface area contributed by atoms with Crippen LogP contribution in [0.5, 0.6) is 0 Å². The lowest BCUT2D eigenvalue weighted by Crippen LogP contribution is -2.02. The summed E-state index contributed by atoms with van der Waals surface area (Å²) >= 11 is 3.26. The third-order valence-electron chi connectivity index (χ3n) is 2.26. The van der Waals surface area contributed by atoms with Gasteiger partial charge in [-0.25, -0.2) is 8.78 Å². The van der Waals surface area contributed by atoms with Crippen molar-refractivity contribution in [3.8, 4) is 0 Å². The van der Waals surface area contributed by atoms with E-state index in [0.717, 1.165) is 5.56 Å². The van der Waals surface area contributed by atoms with Crippen molar-refractivity contribution < 1.29 is 13.2 Å². The van der Waals surface area contributed by atoms with Crippen LogP contribution in [0.25, 0.3) is 0 Å². The van der Waals surface area contributed by atoms with E-state index in [9.17, 15) is 13.2 Å². The molecule has 0 radical (unpaired) electrons.